The molecule has 1 unspecified atom stereocenters. The number of aryl methyl sites for hydroxylation is 1. The van der Waals surface area contributed by atoms with E-state index in [4.69, 9.17) is 0 Å². The van der Waals surface area contributed by atoms with E-state index in [1.807, 2.05) is 0 Å². The highest BCUT2D eigenvalue weighted by Crippen LogP contribution is 2.48. The Morgan fingerprint density at radius 1 is 1.00 bits per heavy atom. The van der Waals surface area contributed by atoms with Crippen LogP contribution in [0.2, 0.25) is 0 Å². The van der Waals surface area contributed by atoms with Gasteiger partial charge in [-0.25, -0.2) is 4.79 Å². The van der Waals surface area contributed by atoms with Crippen molar-refractivity contribution in [2.45, 2.75) is 125 Å². The average molecular weight is 462 g/mol. The third kappa shape index (κ3) is 9.54. The lowest BCUT2D eigenvalue weighted by molar-refractivity contribution is 0.157. The molecular formula is C28H51N3O2. The van der Waals surface area contributed by atoms with Crippen molar-refractivity contribution in [2.75, 3.05) is 5.32 Å². The molecule has 0 bridgehead atoms. The Balaban J connectivity index is 3.28. The molecule has 0 saturated carbocycles. The standard InChI is InChI=1S/C28H51N3O2/c1-7-10-13-16-20-28(21-17-14-11-8-2,23(4)18-15-12-9-3)24(5)26(32)29-25-19-22-31(6)27(33)30-25/h19,22-23,32H,7-18,20-21H2,1-6H3,(H,29,30,33). The number of rotatable bonds is 18. The summed E-state index contributed by atoms with van der Waals surface area (Å²) in [6.45, 7) is 11.3. The Kier molecular flexibility index (Phi) is 14.1. The first-order valence-electron chi connectivity index (χ1n) is 13.5. The third-order valence-corrected chi connectivity index (χ3v) is 7.46. The summed E-state index contributed by atoms with van der Waals surface area (Å²) >= 11 is 0. The number of anilines is 1. The number of nitrogens with zero attached hydrogens (tertiary/aromatic N) is 2. The van der Waals surface area contributed by atoms with Crippen molar-refractivity contribution >= 4 is 5.82 Å². The summed E-state index contributed by atoms with van der Waals surface area (Å²) in [5.41, 5.74) is 0.664. The van der Waals surface area contributed by atoms with Crippen LogP contribution in [0.1, 0.15) is 125 Å². The number of aliphatic hydroxyl groups is 1. The Hall–Kier alpha value is -1.78. The first-order chi connectivity index (χ1) is 15.8. The molecule has 1 rings (SSSR count). The van der Waals surface area contributed by atoms with E-state index in [-0.39, 0.29) is 17.0 Å². The second-order valence-electron chi connectivity index (χ2n) is 9.98. The van der Waals surface area contributed by atoms with Crippen LogP contribution in [0.5, 0.6) is 0 Å². The smallest absolute Gasteiger partial charge is 0.349 e. The number of aliphatic hydroxyl groups excluding tert-OH is 1. The Bertz CT molecular complexity index is 742. The SMILES string of the molecule is CCCCCCC(CCCCCC)(C(C)=C(O)Nc1ccn(C)c(=O)n1)C(C)CCCCC. The van der Waals surface area contributed by atoms with Crippen molar-refractivity contribution in [1.29, 1.82) is 0 Å². The molecule has 2 N–H and O–H groups in total. The van der Waals surface area contributed by atoms with Gasteiger partial charge in [0.25, 0.3) is 0 Å². The number of nitrogens with one attached hydrogen (secondary N) is 1. The van der Waals surface area contributed by atoms with Crippen LogP contribution in [0, 0.1) is 11.3 Å². The number of aromatic nitrogens is 2. The van der Waals surface area contributed by atoms with E-state index in [0.717, 1.165) is 18.4 Å². The highest BCUT2D eigenvalue weighted by atomic mass is 16.3. The van der Waals surface area contributed by atoms with E-state index in [2.05, 4.69) is 44.9 Å². The van der Waals surface area contributed by atoms with E-state index in [1.54, 1.807) is 19.3 Å². The normalized spacial score (nSPS) is 13.6. The molecule has 33 heavy (non-hydrogen) atoms. The molecule has 5 heteroatoms. The zero-order valence-electron chi connectivity index (χ0n) is 22.4. The van der Waals surface area contributed by atoms with Crippen LogP contribution in [-0.4, -0.2) is 14.7 Å². The fourth-order valence-electron chi connectivity index (χ4n) is 5.06. The van der Waals surface area contributed by atoms with E-state index < -0.39 is 0 Å². The molecule has 190 valence electrons. The molecule has 1 atom stereocenters. The lowest BCUT2D eigenvalue weighted by atomic mass is 9.63. The largest absolute Gasteiger partial charge is 0.495 e. The van der Waals surface area contributed by atoms with Gasteiger partial charge in [0.05, 0.1) is 0 Å². The molecule has 0 radical (unpaired) electrons. The monoisotopic (exact) mass is 461 g/mol. The Labute approximate surface area is 203 Å². The van der Waals surface area contributed by atoms with Gasteiger partial charge < -0.3 is 15.0 Å². The molecule has 1 aromatic heterocycles. The van der Waals surface area contributed by atoms with Gasteiger partial charge in [-0.3, -0.25) is 0 Å². The van der Waals surface area contributed by atoms with Gasteiger partial charge in [-0.15, -0.1) is 0 Å². The lowest BCUT2D eigenvalue weighted by Gasteiger charge is -2.42. The molecular weight excluding hydrogens is 410 g/mol. The summed E-state index contributed by atoms with van der Waals surface area (Å²) in [4.78, 5) is 16.0. The minimum Gasteiger partial charge on any atom is -0.495 e. The highest BCUT2D eigenvalue weighted by molar-refractivity contribution is 5.40. The van der Waals surface area contributed by atoms with Gasteiger partial charge in [0.1, 0.15) is 5.82 Å². The molecule has 1 aromatic rings. The highest BCUT2D eigenvalue weighted by Gasteiger charge is 2.38. The average Bonchev–Trinajstić information content (AvgIpc) is 2.80. The summed E-state index contributed by atoms with van der Waals surface area (Å²) in [6.07, 6.45) is 18.6. The number of allylic oxidation sites excluding steroid dienone is 1. The fraction of sp³-hybridized carbons (Fsp3) is 0.786. The molecule has 0 spiro atoms. The van der Waals surface area contributed by atoms with Gasteiger partial charge in [-0.2, -0.15) is 4.98 Å². The maximum absolute atomic E-state index is 12.0. The maximum Gasteiger partial charge on any atom is 0.349 e. The predicted octanol–water partition coefficient (Wildman–Crippen LogP) is 8.13. The lowest BCUT2D eigenvalue weighted by Crippen LogP contribution is -2.33. The quantitative estimate of drug-likeness (QED) is 0.171. The topological polar surface area (TPSA) is 67.2 Å². The van der Waals surface area contributed by atoms with Crippen LogP contribution < -0.4 is 11.0 Å². The third-order valence-electron chi connectivity index (χ3n) is 7.46. The summed E-state index contributed by atoms with van der Waals surface area (Å²) in [6, 6.07) is 1.74. The summed E-state index contributed by atoms with van der Waals surface area (Å²) in [5, 5.41) is 14.3. The number of unbranched alkanes of at least 4 members (excludes halogenated alkanes) is 8. The van der Waals surface area contributed by atoms with Gasteiger partial charge in [0, 0.05) is 13.2 Å². The van der Waals surface area contributed by atoms with Crippen molar-refractivity contribution in [3.05, 3.63) is 34.2 Å². The van der Waals surface area contributed by atoms with Crippen LogP contribution >= 0.6 is 0 Å². The zero-order valence-corrected chi connectivity index (χ0v) is 22.4. The molecule has 0 aliphatic heterocycles. The summed E-state index contributed by atoms with van der Waals surface area (Å²) < 4.78 is 1.43. The van der Waals surface area contributed by atoms with Gasteiger partial charge >= 0.3 is 5.69 Å². The molecule has 0 aromatic carbocycles. The Morgan fingerprint density at radius 2 is 1.55 bits per heavy atom. The van der Waals surface area contributed by atoms with Gasteiger partial charge in [0.2, 0.25) is 0 Å². The van der Waals surface area contributed by atoms with E-state index in [0.29, 0.717) is 11.7 Å². The minimum atomic E-state index is -0.330. The van der Waals surface area contributed by atoms with Gasteiger partial charge in [-0.05, 0) is 49.2 Å². The summed E-state index contributed by atoms with van der Waals surface area (Å²) in [5.74, 6) is 1.07. The number of hydrogen-bond donors (Lipinski definition) is 2. The van der Waals surface area contributed by atoms with Crippen LogP contribution in [0.4, 0.5) is 5.82 Å². The van der Waals surface area contributed by atoms with E-state index in [1.165, 1.54) is 81.6 Å². The van der Waals surface area contributed by atoms with Crippen molar-refractivity contribution in [2.24, 2.45) is 18.4 Å². The molecule has 0 amide bonds. The van der Waals surface area contributed by atoms with Gasteiger partial charge in [-0.1, -0.05) is 98.3 Å². The molecule has 5 nitrogen and oxygen atoms in total. The molecule has 1 heterocycles. The fourth-order valence-corrected chi connectivity index (χ4v) is 5.06. The van der Waals surface area contributed by atoms with Crippen molar-refractivity contribution in [3.8, 4) is 0 Å². The minimum absolute atomic E-state index is 0.0357. The van der Waals surface area contributed by atoms with Crippen molar-refractivity contribution in [1.82, 2.24) is 9.55 Å². The molecule has 0 saturated heterocycles. The van der Waals surface area contributed by atoms with Crippen molar-refractivity contribution < 1.29 is 5.11 Å². The van der Waals surface area contributed by atoms with Crippen LogP contribution in [-0.2, 0) is 7.05 Å². The first kappa shape index (κ1) is 29.3. The van der Waals surface area contributed by atoms with E-state index >= 15 is 0 Å². The summed E-state index contributed by atoms with van der Waals surface area (Å²) in [7, 11) is 1.68. The van der Waals surface area contributed by atoms with Gasteiger partial charge in [0.15, 0.2) is 5.88 Å². The first-order valence-corrected chi connectivity index (χ1v) is 13.5. The molecule has 0 aliphatic rings. The number of hydrogen-bond acceptors (Lipinski definition) is 4. The maximum atomic E-state index is 12.0. The van der Waals surface area contributed by atoms with Crippen LogP contribution in [0.3, 0.4) is 0 Å². The second-order valence-corrected chi connectivity index (χ2v) is 9.98. The second kappa shape index (κ2) is 16.0. The Morgan fingerprint density at radius 3 is 2.06 bits per heavy atom. The van der Waals surface area contributed by atoms with Crippen LogP contribution in [0.15, 0.2) is 28.5 Å². The molecule has 0 aliphatic carbocycles. The van der Waals surface area contributed by atoms with E-state index in [9.17, 15) is 9.90 Å². The predicted molar refractivity (Wildman–Crippen MR) is 142 cm³/mol. The zero-order chi connectivity index (χ0) is 24.7. The van der Waals surface area contributed by atoms with Crippen molar-refractivity contribution in [3.63, 3.8) is 0 Å². The van der Waals surface area contributed by atoms with Crippen LogP contribution in [0.25, 0.3) is 0 Å². The molecule has 0 fully saturated rings.